The lowest BCUT2D eigenvalue weighted by Gasteiger charge is -2.07. The van der Waals surface area contributed by atoms with Crippen molar-refractivity contribution in [3.8, 4) is 16.3 Å². The van der Waals surface area contributed by atoms with Crippen molar-refractivity contribution in [2.75, 3.05) is 12.4 Å². The lowest BCUT2D eigenvalue weighted by atomic mass is 10.2. The molecule has 0 atom stereocenters. The summed E-state index contributed by atoms with van der Waals surface area (Å²) in [4.78, 5) is 23.0. The van der Waals surface area contributed by atoms with Crippen LogP contribution in [0.15, 0.2) is 43.0 Å². The summed E-state index contributed by atoms with van der Waals surface area (Å²) in [6, 6.07) is 5.68. The van der Waals surface area contributed by atoms with E-state index in [0.717, 1.165) is 26.5 Å². The lowest BCUT2D eigenvalue weighted by molar-refractivity contribution is 0.102. The second-order valence-corrected chi connectivity index (χ2v) is 7.09. The number of rotatable bonds is 4. The summed E-state index contributed by atoms with van der Waals surface area (Å²) in [5.41, 5.74) is 3.82. The van der Waals surface area contributed by atoms with Gasteiger partial charge in [-0.05, 0) is 37.6 Å². The minimum atomic E-state index is -0.216. The number of methoxy groups -OCH3 is 1. The molecule has 4 aromatic heterocycles. The van der Waals surface area contributed by atoms with Gasteiger partial charge < -0.3 is 10.1 Å². The topological polar surface area (TPSA) is 81.4 Å². The van der Waals surface area contributed by atoms with Crippen LogP contribution in [0.1, 0.15) is 21.6 Å². The number of carbonyl (C=O) groups excluding carboxylic acids is 1. The number of nitrogens with one attached hydrogen (secondary N) is 1. The molecule has 136 valence electrons. The number of aromatic nitrogens is 4. The highest BCUT2D eigenvalue weighted by molar-refractivity contribution is 7.21. The molecule has 1 amide bonds. The highest BCUT2D eigenvalue weighted by atomic mass is 32.1. The highest BCUT2D eigenvalue weighted by Crippen LogP contribution is 2.35. The van der Waals surface area contributed by atoms with Gasteiger partial charge >= 0.3 is 0 Å². The second-order valence-electron chi connectivity index (χ2n) is 6.06. The van der Waals surface area contributed by atoms with Crippen molar-refractivity contribution in [2.24, 2.45) is 0 Å². The molecule has 8 heteroatoms. The summed E-state index contributed by atoms with van der Waals surface area (Å²) in [5, 5.41) is 7.24. The van der Waals surface area contributed by atoms with Crippen LogP contribution in [0.2, 0.25) is 0 Å². The summed E-state index contributed by atoms with van der Waals surface area (Å²) in [6.07, 6.45) is 6.90. The first-order valence-electron chi connectivity index (χ1n) is 8.28. The second kappa shape index (κ2) is 6.81. The number of fused-ring (bicyclic) bond motifs is 1. The zero-order chi connectivity index (χ0) is 19.0. The molecule has 0 unspecified atom stereocenters. The van der Waals surface area contributed by atoms with E-state index in [9.17, 15) is 4.79 Å². The van der Waals surface area contributed by atoms with E-state index in [1.54, 1.807) is 30.2 Å². The third-order valence-corrected chi connectivity index (χ3v) is 5.29. The first kappa shape index (κ1) is 17.2. The Kier molecular flexibility index (Phi) is 4.33. The van der Waals surface area contributed by atoms with Crippen molar-refractivity contribution in [2.45, 2.75) is 13.8 Å². The minimum Gasteiger partial charge on any atom is -0.481 e. The quantitative estimate of drug-likeness (QED) is 0.584. The van der Waals surface area contributed by atoms with Crippen LogP contribution >= 0.6 is 11.3 Å². The predicted molar refractivity (Wildman–Crippen MR) is 105 cm³/mol. The van der Waals surface area contributed by atoms with Crippen molar-refractivity contribution in [1.29, 1.82) is 0 Å². The fourth-order valence-corrected chi connectivity index (χ4v) is 3.84. The fraction of sp³-hybridized carbons (Fsp3) is 0.158. The highest BCUT2D eigenvalue weighted by Gasteiger charge is 2.18. The van der Waals surface area contributed by atoms with Gasteiger partial charge in [0.25, 0.3) is 5.91 Å². The van der Waals surface area contributed by atoms with Crippen LogP contribution in [-0.2, 0) is 0 Å². The maximum absolute atomic E-state index is 12.8. The number of amides is 1. The van der Waals surface area contributed by atoms with E-state index in [1.807, 2.05) is 38.2 Å². The molecule has 4 heterocycles. The van der Waals surface area contributed by atoms with Crippen LogP contribution in [0.25, 0.3) is 15.3 Å². The van der Waals surface area contributed by atoms with E-state index >= 15 is 0 Å². The maximum Gasteiger partial charge on any atom is 0.260 e. The van der Waals surface area contributed by atoms with E-state index in [1.165, 1.54) is 11.3 Å². The van der Waals surface area contributed by atoms with E-state index in [2.05, 4.69) is 20.4 Å². The molecule has 0 fully saturated rings. The van der Waals surface area contributed by atoms with Crippen LogP contribution in [0.3, 0.4) is 0 Å². The molecule has 0 aliphatic rings. The molecule has 27 heavy (non-hydrogen) atoms. The van der Waals surface area contributed by atoms with Crippen molar-refractivity contribution >= 4 is 27.8 Å². The Labute approximate surface area is 159 Å². The third kappa shape index (κ3) is 3.15. The molecule has 0 bridgehead atoms. The van der Waals surface area contributed by atoms with Crippen LogP contribution in [0.4, 0.5) is 5.69 Å². The van der Waals surface area contributed by atoms with Gasteiger partial charge in [-0.25, -0.2) is 9.50 Å². The molecular formula is C19H17N5O2S. The van der Waals surface area contributed by atoms with Gasteiger partial charge in [-0.3, -0.25) is 9.78 Å². The van der Waals surface area contributed by atoms with Gasteiger partial charge in [0.1, 0.15) is 4.83 Å². The Morgan fingerprint density at radius 1 is 1.26 bits per heavy atom. The molecule has 0 aliphatic heterocycles. The van der Waals surface area contributed by atoms with Gasteiger partial charge in [0.05, 0.1) is 40.7 Å². The summed E-state index contributed by atoms with van der Waals surface area (Å²) in [7, 11) is 1.58. The predicted octanol–water partition coefficient (Wildman–Crippen LogP) is 3.73. The van der Waals surface area contributed by atoms with Gasteiger partial charge in [0, 0.05) is 18.6 Å². The zero-order valence-electron chi connectivity index (χ0n) is 15.1. The van der Waals surface area contributed by atoms with Crippen molar-refractivity contribution in [3.05, 3.63) is 59.8 Å². The molecule has 4 aromatic rings. The first-order chi connectivity index (χ1) is 13.1. The van der Waals surface area contributed by atoms with Crippen LogP contribution in [0, 0.1) is 13.8 Å². The summed E-state index contributed by atoms with van der Waals surface area (Å²) < 4.78 is 7.03. The van der Waals surface area contributed by atoms with Crippen molar-refractivity contribution < 1.29 is 9.53 Å². The van der Waals surface area contributed by atoms with E-state index in [4.69, 9.17) is 4.74 Å². The Bertz CT molecular complexity index is 1150. The number of hydrogen-bond acceptors (Lipinski definition) is 6. The largest absolute Gasteiger partial charge is 0.481 e. The first-order valence-corrected chi connectivity index (χ1v) is 9.09. The number of anilines is 1. The van der Waals surface area contributed by atoms with Crippen LogP contribution in [0.5, 0.6) is 5.88 Å². The number of ether oxygens (including phenoxy) is 1. The van der Waals surface area contributed by atoms with E-state index < -0.39 is 0 Å². The molecule has 0 aromatic carbocycles. The van der Waals surface area contributed by atoms with Gasteiger partial charge in [0.15, 0.2) is 0 Å². The van der Waals surface area contributed by atoms with Gasteiger partial charge in [-0.15, -0.1) is 11.3 Å². The van der Waals surface area contributed by atoms with E-state index in [-0.39, 0.29) is 5.91 Å². The molecule has 4 rings (SSSR count). The molecule has 0 spiro atoms. The fourth-order valence-electron chi connectivity index (χ4n) is 2.76. The smallest absolute Gasteiger partial charge is 0.260 e. The SMILES string of the molecule is COc1ncccc1-c1cn2ncc(C(=O)Nc3cc(C)cnc3C)c2s1. The zero-order valence-corrected chi connectivity index (χ0v) is 15.9. The number of aryl methyl sites for hydroxylation is 2. The third-order valence-electron chi connectivity index (χ3n) is 4.14. The summed E-state index contributed by atoms with van der Waals surface area (Å²) in [6.45, 7) is 3.80. The van der Waals surface area contributed by atoms with Crippen molar-refractivity contribution in [3.63, 3.8) is 0 Å². The number of pyridine rings is 2. The summed E-state index contributed by atoms with van der Waals surface area (Å²) in [5.74, 6) is 0.321. The number of carbonyl (C=O) groups is 1. The molecule has 0 aliphatic carbocycles. The summed E-state index contributed by atoms with van der Waals surface area (Å²) >= 11 is 1.46. The molecule has 0 radical (unpaired) electrons. The molecule has 0 saturated carbocycles. The normalized spacial score (nSPS) is 10.9. The van der Waals surface area contributed by atoms with Crippen LogP contribution in [-0.4, -0.2) is 32.6 Å². The standard InChI is InChI=1S/C19H17N5O2S/c1-11-7-15(12(2)21-8-11)23-17(25)14-9-22-24-10-16(27-19(14)24)13-5-4-6-20-18(13)26-3/h4-10H,1-3H3,(H,23,25). The Balaban J connectivity index is 1.70. The minimum absolute atomic E-state index is 0.216. The van der Waals surface area contributed by atoms with E-state index in [0.29, 0.717) is 17.1 Å². The van der Waals surface area contributed by atoms with Gasteiger partial charge in [-0.1, -0.05) is 0 Å². The number of nitrogens with zero attached hydrogens (tertiary/aromatic N) is 4. The molecule has 7 nitrogen and oxygen atoms in total. The number of hydrogen-bond donors (Lipinski definition) is 1. The van der Waals surface area contributed by atoms with Crippen LogP contribution < -0.4 is 10.1 Å². The molecule has 0 saturated heterocycles. The average molecular weight is 379 g/mol. The van der Waals surface area contributed by atoms with Gasteiger partial charge in [-0.2, -0.15) is 5.10 Å². The Morgan fingerprint density at radius 2 is 2.11 bits per heavy atom. The maximum atomic E-state index is 12.8. The Hall–Kier alpha value is -3.26. The lowest BCUT2D eigenvalue weighted by Crippen LogP contribution is -2.12. The molecular weight excluding hydrogens is 362 g/mol. The average Bonchev–Trinajstić information content (AvgIpc) is 3.25. The molecule has 1 N–H and O–H groups in total. The number of thiazole rings is 1. The monoisotopic (exact) mass is 379 g/mol. The van der Waals surface area contributed by atoms with Crippen molar-refractivity contribution in [1.82, 2.24) is 19.6 Å². The van der Waals surface area contributed by atoms with Gasteiger partial charge in [0.2, 0.25) is 5.88 Å². The Morgan fingerprint density at radius 3 is 2.93 bits per heavy atom.